The zero-order valence-corrected chi connectivity index (χ0v) is 17.4. The van der Waals surface area contributed by atoms with Gasteiger partial charge in [-0.25, -0.2) is 4.98 Å². The molecular weight excluding hydrogens is 375 g/mol. The highest BCUT2D eigenvalue weighted by Crippen LogP contribution is 2.29. The van der Waals surface area contributed by atoms with E-state index >= 15 is 0 Å². The lowest BCUT2D eigenvalue weighted by atomic mass is 9.92. The van der Waals surface area contributed by atoms with E-state index in [0.717, 1.165) is 55.8 Å². The molecule has 1 amide bonds. The van der Waals surface area contributed by atoms with E-state index in [4.69, 9.17) is 12.8 Å². The van der Waals surface area contributed by atoms with Crippen LogP contribution in [0.4, 0.5) is 5.82 Å². The van der Waals surface area contributed by atoms with Gasteiger partial charge in [-0.15, -0.1) is 0 Å². The lowest BCUT2D eigenvalue weighted by Crippen LogP contribution is -2.38. The van der Waals surface area contributed by atoms with Gasteiger partial charge in [0.15, 0.2) is 0 Å². The van der Waals surface area contributed by atoms with Crippen molar-refractivity contribution in [2.24, 2.45) is 0 Å². The molecule has 1 saturated heterocycles. The molecule has 1 N–H and O–H groups in total. The average molecular weight is 402 g/mol. The molecule has 7 nitrogen and oxygen atoms in total. The van der Waals surface area contributed by atoms with Crippen molar-refractivity contribution in [1.82, 2.24) is 24.5 Å². The van der Waals surface area contributed by atoms with E-state index in [2.05, 4.69) is 28.4 Å². The first-order chi connectivity index (χ1) is 14.7. The van der Waals surface area contributed by atoms with Gasteiger partial charge < -0.3 is 10.2 Å². The van der Waals surface area contributed by atoms with Gasteiger partial charge in [0.2, 0.25) is 5.91 Å². The zero-order valence-electron chi connectivity index (χ0n) is 17.4. The number of nitrogens with zero attached hydrogens (tertiary/aromatic N) is 5. The van der Waals surface area contributed by atoms with Gasteiger partial charge in [0.25, 0.3) is 0 Å². The number of hydrogen-bond donors (Lipinski definition) is 1. The van der Waals surface area contributed by atoms with Crippen LogP contribution in [0, 0.1) is 0 Å². The molecule has 2 radical (unpaired) electrons. The Labute approximate surface area is 178 Å². The molecule has 154 valence electrons. The smallest absolute Gasteiger partial charge is 0.222 e. The Balaban J connectivity index is 1.50. The Morgan fingerprint density at radius 1 is 1.30 bits per heavy atom. The highest BCUT2D eigenvalue weighted by atomic mass is 16.2. The highest BCUT2D eigenvalue weighted by molar-refractivity contribution is 6.36. The van der Waals surface area contributed by atoms with E-state index in [1.165, 1.54) is 0 Å². The van der Waals surface area contributed by atoms with Crippen LogP contribution in [-0.4, -0.2) is 51.3 Å². The third-order valence-electron chi connectivity index (χ3n) is 5.73. The minimum Gasteiger partial charge on any atom is -0.366 e. The summed E-state index contributed by atoms with van der Waals surface area (Å²) in [5, 5.41) is 7.83. The molecular formula is C22H27BN6O. The maximum atomic E-state index is 12.3. The summed E-state index contributed by atoms with van der Waals surface area (Å²) in [6.07, 6.45) is 9.73. The van der Waals surface area contributed by atoms with Crippen LogP contribution in [0.15, 0.2) is 36.8 Å². The molecule has 0 saturated carbocycles. The Bertz CT molecular complexity index is 998. The summed E-state index contributed by atoms with van der Waals surface area (Å²) in [5.74, 6) is 1.44. The molecule has 0 bridgehead atoms. The van der Waals surface area contributed by atoms with Gasteiger partial charge in [-0.1, -0.05) is 19.4 Å². The maximum absolute atomic E-state index is 12.3. The van der Waals surface area contributed by atoms with E-state index in [1.54, 1.807) is 16.9 Å². The summed E-state index contributed by atoms with van der Waals surface area (Å²) < 4.78 is 1.75. The van der Waals surface area contributed by atoms with Gasteiger partial charge >= 0.3 is 0 Å². The molecule has 0 atom stereocenters. The number of rotatable bonds is 7. The van der Waals surface area contributed by atoms with Crippen molar-refractivity contribution in [3.8, 4) is 0 Å². The minimum atomic E-state index is 0.276. The average Bonchev–Trinajstić information content (AvgIpc) is 3.17. The first-order valence-electron chi connectivity index (χ1n) is 10.7. The van der Waals surface area contributed by atoms with Gasteiger partial charge in [-0.3, -0.25) is 9.78 Å². The summed E-state index contributed by atoms with van der Waals surface area (Å²) >= 11 is 0. The van der Waals surface area contributed by atoms with Crippen molar-refractivity contribution in [2.45, 2.75) is 51.5 Å². The van der Waals surface area contributed by atoms with Crippen LogP contribution in [0.2, 0.25) is 0 Å². The van der Waals surface area contributed by atoms with Crippen molar-refractivity contribution in [2.75, 3.05) is 18.4 Å². The van der Waals surface area contributed by atoms with Gasteiger partial charge in [0.1, 0.15) is 19.3 Å². The van der Waals surface area contributed by atoms with Crippen LogP contribution in [0.25, 0.3) is 5.65 Å². The molecule has 1 aliphatic rings. The maximum Gasteiger partial charge on any atom is 0.222 e. The Kier molecular flexibility index (Phi) is 6.30. The van der Waals surface area contributed by atoms with Gasteiger partial charge in [0, 0.05) is 62.3 Å². The fourth-order valence-electron chi connectivity index (χ4n) is 3.94. The van der Waals surface area contributed by atoms with Crippen molar-refractivity contribution in [1.29, 1.82) is 0 Å². The van der Waals surface area contributed by atoms with E-state index in [1.807, 2.05) is 23.2 Å². The number of carbonyl (C=O) groups is 1. The predicted octanol–water partition coefficient (Wildman–Crippen LogP) is 2.43. The molecule has 0 unspecified atom stereocenters. The Morgan fingerprint density at radius 2 is 2.13 bits per heavy atom. The lowest BCUT2D eigenvalue weighted by Gasteiger charge is -2.32. The second kappa shape index (κ2) is 9.28. The Morgan fingerprint density at radius 3 is 2.87 bits per heavy atom. The molecule has 30 heavy (non-hydrogen) atoms. The van der Waals surface area contributed by atoms with Gasteiger partial charge in [-0.2, -0.15) is 9.61 Å². The summed E-state index contributed by atoms with van der Waals surface area (Å²) in [6.45, 7) is 4.32. The predicted molar refractivity (Wildman–Crippen MR) is 118 cm³/mol. The normalized spacial score (nSPS) is 14.9. The van der Waals surface area contributed by atoms with Gasteiger partial charge in [0.05, 0.1) is 0 Å². The molecule has 0 aliphatic carbocycles. The third-order valence-corrected chi connectivity index (χ3v) is 5.73. The SMILES string of the molecule is [B]c1cnn2c(NCc3cccnc3)cc(C3CCN(C(=O)CCCC)CC3)nc12. The largest absolute Gasteiger partial charge is 0.366 e. The number of nitrogens with one attached hydrogen (secondary N) is 1. The number of hydrogen-bond acceptors (Lipinski definition) is 5. The summed E-state index contributed by atoms with van der Waals surface area (Å²) in [4.78, 5) is 23.3. The number of fused-ring (bicyclic) bond motifs is 1. The van der Waals surface area contributed by atoms with Crippen molar-refractivity contribution in [3.05, 3.63) is 48.0 Å². The quantitative estimate of drug-likeness (QED) is 0.615. The van der Waals surface area contributed by atoms with Crippen LogP contribution in [-0.2, 0) is 11.3 Å². The van der Waals surface area contributed by atoms with Crippen molar-refractivity contribution >= 4 is 30.7 Å². The van der Waals surface area contributed by atoms with Gasteiger partial charge in [-0.05, 0) is 36.4 Å². The number of aromatic nitrogens is 4. The molecule has 1 aliphatic heterocycles. The molecule has 4 heterocycles. The fourth-order valence-corrected chi connectivity index (χ4v) is 3.94. The zero-order chi connectivity index (χ0) is 20.9. The number of carbonyl (C=O) groups excluding carboxylic acids is 1. The molecule has 3 aromatic rings. The lowest BCUT2D eigenvalue weighted by molar-refractivity contribution is -0.132. The molecule has 0 aromatic carbocycles. The number of amides is 1. The summed E-state index contributed by atoms with van der Waals surface area (Å²) in [7, 11) is 6.12. The highest BCUT2D eigenvalue weighted by Gasteiger charge is 2.25. The summed E-state index contributed by atoms with van der Waals surface area (Å²) in [6, 6.07) is 6.02. The topological polar surface area (TPSA) is 75.4 Å². The number of piperidine rings is 1. The van der Waals surface area contributed by atoms with Crippen molar-refractivity contribution in [3.63, 3.8) is 0 Å². The molecule has 8 heteroatoms. The van der Waals surface area contributed by atoms with Crippen LogP contribution in [0.1, 0.15) is 56.2 Å². The van der Waals surface area contributed by atoms with Crippen LogP contribution >= 0.6 is 0 Å². The second-order valence-electron chi connectivity index (χ2n) is 7.88. The van der Waals surface area contributed by atoms with E-state index in [9.17, 15) is 4.79 Å². The number of pyridine rings is 1. The standard InChI is InChI=1S/C22H27BN6O/c1-2-3-6-21(30)28-10-7-17(8-11-28)19-12-20(25-14-16-5-4-9-24-13-16)29-22(27-19)18(23)15-26-29/h4-5,9,12-13,15,17,25H,2-3,6-8,10-11,14H2,1H3. The monoisotopic (exact) mass is 402 g/mol. The molecule has 4 rings (SSSR count). The van der Waals surface area contributed by atoms with E-state index in [0.29, 0.717) is 30.0 Å². The fraction of sp³-hybridized carbons (Fsp3) is 0.455. The first kappa shape index (κ1) is 20.4. The van der Waals surface area contributed by atoms with Crippen molar-refractivity contribution < 1.29 is 4.79 Å². The second-order valence-corrected chi connectivity index (χ2v) is 7.88. The minimum absolute atomic E-state index is 0.276. The van der Waals surface area contributed by atoms with Crippen LogP contribution in [0.5, 0.6) is 0 Å². The van der Waals surface area contributed by atoms with Crippen LogP contribution < -0.4 is 10.8 Å². The molecule has 0 spiro atoms. The van der Waals surface area contributed by atoms with E-state index in [-0.39, 0.29) is 5.91 Å². The van der Waals surface area contributed by atoms with Crippen LogP contribution in [0.3, 0.4) is 0 Å². The number of unbranched alkanes of at least 4 members (excludes halogenated alkanes) is 1. The molecule has 3 aromatic heterocycles. The number of anilines is 1. The number of likely N-dealkylation sites (tertiary alicyclic amines) is 1. The summed E-state index contributed by atoms with van der Waals surface area (Å²) in [5.41, 5.74) is 3.32. The third kappa shape index (κ3) is 4.47. The molecule has 1 fully saturated rings. The first-order valence-corrected chi connectivity index (χ1v) is 10.7. The van der Waals surface area contributed by atoms with E-state index < -0.39 is 0 Å². The Hall–Kier alpha value is -2.90.